The van der Waals surface area contributed by atoms with Gasteiger partial charge in [0.25, 0.3) is 5.56 Å². The van der Waals surface area contributed by atoms with Gasteiger partial charge in [0.2, 0.25) is 5.91 Å². The molecule has 1 aliphatic rings. The Morgan fingerprint density at radius 2 is 1.58 bits per heavy atom. The number of nitrogens with zero attached hydrogens (tertiary/aromatic N) is 3. The molecule has 0 N–H and O–H groups in total. The molecule has 0 fully saturated rings. The molecule has 0 spiro atoms. The second-order valence-corrected chi connectivity index (χ2v) is 9.93. The topological polar surface area (TPSA) is 55.2 Å². The molecule has 2 heterocycles. The van der Waals surface area contributed by atoms with Gasteiger partial charge in [-0.1, -0.05) is 66.8 Å². The molecular weight excluding hydrogens is 450 g/mol. The Morgan fingerprint density at radius 3 is 2.24 bits per heavy atom. The molecule has 1 unspecified atom stereocenters. The van der Waals surface area contributed by atoms with E-state index in [1.807, 2.05) is 86.6 Å². The summed E-state index contributed by atoms with van der Waals surface area (Å²) in [6, 6.07) is 23.3. The predicted molar refractivity (Wildman–Crippen MR) is 136 cm³/mol. The SMILES string of the molecule is CCC(C)n1c(SCC(=O)N2c3ccccc3Sc3ccccc32)nc2ccccc2c1=O. The quantitative estimate of drug-likeness (QED) is 0.252. The number of rotatable bonds is 5. The number of hydrogen-bond acceptors (Lipinski definition) is 5. The molecule has 1 aromatic heterocycles. The Hall–Kier alpha value is -3.03. The summed E-state index contributed by atoms with van der Waals surface area (Å²) in [5, 5.41) is 1.18. The summed E-state index contributed by atoms with van der Waals surface area (Å²) < 4.78 is 1.73. The number of benzene rings is 3. The van der Waals surface area contributed by atoms with Crippen LogP contribution in [0, 0.1) is 0 Å². The van der Waals surface area contributed by atoms with E-state index in [-0.39, 0.29) is 23.3 Å². The third-order valence-electron chi connectivity index (χ3n) is 5.81. The normalized spacial score (nSPS) is 13.5. The number of amides is 1. The van der Waals surface area contributed by atoms with E-state index in [9.17, 15) is 9.59 Å². The molecule has 0 bridgehead atoms. The fourth-order valence-corrected chi connectivity index (χ4v) is 5.97. The Kier molecular flexibility index (Phi) is 6.00. The van der Waals surface area contributed by atoms with Crippen molar-refractivity contribution < 1.29 is 4.79 Å². The number of fused-ring (bicyclic) bond motifs is 3. The van der Waals surface area contributed by atoms with Gasteiger partial charge in [-0.2, -0.15) is 0 Å². The van der Waals surface area contributed by atoms with E-state index in [4.69, 9.17) is 4.98 Å². The zero-order valence-corrected chi connectivity index (χ0v) is 20.0. The minimum Gasteiger partial charge on any atom is -0.284 e. The van der Waals surface area contributed by atoms with Gasteiger partial charge in [-0.05, 0) is 49.7 Å². The highest BCUT2D eigenvalue weighted by Crippen LogP contribution is 2.48. The van der Waals surface area contributed by atoms with Gasteiger partial charge in [0.1, 0.15) is 0 Å². The Morgan fingerprint density at radius 1 is 0.970 bits per heavy atom. The van der Waals surface area contributed by atoms with Crippen molar-refractivity contribution in [3.8, 4) is 0 Å². The number of carbonyl (C=O) groups is 1. The highest BCUT2D eigenvalue weighted by Gasteiger charge is 2.28. The maximum atomic E-state index is 13.6. The third-order valence-corrected chi connectivity index (χ3v) is 7.88. The Balaban J connectivity index is 1.51. The molecule has 33 heavy (non-hydrogen) atoms. The summed E-state index contributed by atoms with van der Waals surface area (Å²) in [6.07, 6.45) is 0.797. The first kappa shape index (κ1) is 21.8. The van der Waals surface area contributed by atoms with Crippen molar-refractivity contribution in [2.45, 2.75) is 41.3 Å². The van der Waals surface area contributed by atoms with Gasteiger partial charge < -0.3 is 0 Å². The molecule has 0 radical (unpaired) electrons. The molecular formula is C26H23N3O2S2. The monoisotopic (exact) mass is 473 g/mol. The summed E-state index contributed by atoms with van der Waals surface area (Å²) in [5.41, 5.74) is 2.37. The maximum absolute atomic E-state index is 13.6. The van der Waals surface area contributed by atoms with Crippen molar-refractivity contribution in [2.75, 3.05) is 10.7 Å². The van der Waals surface area contributed by atoms with Gasteiger partial charge >= 0.3 is 0 Å². The minimum atomic E-state index is -0.0602. The summed E-state index contributed by atoms with van der Waals surface area (Å²) in [4.78, 5) is 35.5. The van der Waals surface area contributed by atoms with Gasteiger partial charge in [0, 0.05) is 15.8 Å². The summed E-state index contributed by atoms with van der Waals surface area (Å²) in [5.74, 6) is 0.132. The van der Waals surface area contributed by atoms with E-state index in [1.54, 1.807) is 21.2 Å². The fraction of sp³-hybridized carbons (Fsp3) is 0.192. The third kappa shape index (κ3) is 3.96. The number of para-hydroxylation sites is 3. The second kappa shape index (κ2) is 9.08. The van der Waals surface area contributed by atoms with Gasteiger partial charge in [-0.15, -0.1) is 0 Å². The predicted octanol–water partition coefficient (Wildman–Crippen LogP) is 6.29. The van der Waals surface area contributed by atoms with Crippen LogP contribution < -0.4 is 10.5 Å². The van der Waals surface area contributed by atoms with E-state index in [0.717, 1.165) is 27.6 Å². The van der Waals surface area contributed by atoms with Crippen LogP contribution in [0.15, 0.2) is 92.5 Å². The number of anilines is 2. The molecule has 166 valence electrons. The van der Waals surface area contributed by atoms with Crippen LogP contribution in [0.1, 0.15) is 26.3 Å². The maximum Gasteiger partial charge on any atom is 0.262 e. The van der Waals surface area contributed by atoms with Gasteiger partial charge in [0.05, 0.1) is 28.0 Å². The van der Waals surface area contributed by atoms with Crippen LogP contribution in [0.4, 0.5) is 11.4 Å². The lowest BCUT2D eigenvalue weighted by molar-refractivity contribution is -0.115. The Bertz CT molecular complexity index is 1370. The van der Waals surface area contributed by atoms with Crippen molar-refractivity contribution >= 4 is 51.7 Å². The first-order valence-electron chi connectivity index (χ1n) is 10.9. The van der Waals surface area contributed by atoms with E-state index in [2.05, 4.69) is 0 Å². The highest BCUT2D eigenvalue weighted by molar-refractivity contribution is 8.00. The molecule has 1 amide bonds. The van der Waals surface area contributed by atoms with Crippen molar-refractivity contribution in [3.63, 3.8) is 0 Å². The van der Waals surface area contributed by atoms with Crippen molar-refractivity contribution in [3.05, 3.63) is 83.2 Å². The van der Waals surface area contributed by atoms with Crippen molar-refractivity contribution in [2.24, 2.45) is 0 Å². The van der Waals surface area contributed by atoms with Crippen LogP contribution in [0.2, 0.25) is 0 Å². The lowest BCUT2D eigenvalue weighted by atomic mass is 10.2. The van der Waals surface area contributed by atoms with Crippen LogP contribution >= 0.6 is 23.5 Å². The zero-order valence-electron chi connectivity index (χ0n) is 18.4. The smallest absolute Gasteiger partial charge is 0.262 e. The number of aromatic nitrogens is 2. The van der Waals surface area contributed by atoms with E-state index in [0.29, 0.717) is 16.1 Å². The minimum absolute atomic E-state index is 0.0138. The first-order chi connectivity index (χ1) is 16.1. The van der Waals surface area contributed by atoms with Crippen LogP contribution in [0.3, 0.4) is 0 Å². The zero-order chi connectivity index (χ0) is 22.9. The van der Waals surface area contributed by atoms with Gasteiger partial charge in [-0.25, -0.2) is 4.98 Å². The molecule has 5 nitrogen and oxygen atoms in total. The molecule has 3 aromatic carbocycles. The van der Waals surface area contributed by atoms with E-state index >= 15 is 0 Å². The molecule has 1 aliphatic heterocycles. The number of carbonyl (C=O) groups excluding carboxylic acids is 1. The van der Waals surface area contributed by atoms with Crippen LogP contribution in [-0.4, -0.2) is 21.2 Å². The standard InChI is InChI=1S/C26H23N3O2S2/c1-3-17(2)28-25(31)18-10-4-5-11-19(18)27-26(28)32-16-24(30)29-20-12-6-8-14-22(20)33-23-15-9-7-13-21(23)29/h4-15,17H,3,16H2,1-2H3. The van der Waals surface area contributed by atoms with Crippen molar-refractivity contribution in [1.29, 1.82) is 0 Å². The van der Waals surface area contributed by atoms with E-state index in [1.165, 1.54) is 11.8 Å². The largest absolute Gasteiger partial charge is 0.284 e. The molecule has 0 aliphatic carbocycles. The van der Waals surface area contributed by atoms with Gasteiger partial charge in [-0.3, -0.25) is 19.1 Å². The number of hydrogen-bond donors (Lipinski definition) is 0. The molecule has 0 saturated carbocycles. The molecule has 7 heteroatoms. The fourth-order valence-electron chi connectivity index (χ4n) is 3.96. The summed E-state index contributed by atoms with van der Waals surface area (Å²) >= 11 is 3.00. The lowest BCUT2D eigenvalue weighted by Gasteiger charge is -2.31. The van der Waals surface area contributed by atoms with Crippen LogP contribution in [0.25, 0.3) is 10.9 Å². The van der Waals surface area contributed by atoms with Gasteiger partial charge in [0.15, 0.2) is 5.16 Å². The van der Waals surface area contributed by atoms with E-state index < -0.39 is 0 Å². The Labute approximate surface area is 200 Å². The molecule has 4 aromatic rings. The van der Waals surface area contributed by atoms with Crippen molar-refractivity contribution in [1.82, 2.24) is 9.55 Å². The highest BCUT2D eigenvalue weighted by atomic mass is 32.2. The second-order valence-electron chi connectivity index (χ2n) is 7.90. The average Bonchev–Trinajstić information content (AvgIpc) is 2.85. The number of thioether (sulfide) groups is 1. The molecule has 0 saturated heterocycles. The molecule has 1 atom stereocenters. The summed E-state index contributed by atoms with van der Waals surface area (Å²) in [7, 11) is 0. The first-order valence-corrected chi connectivity index (χ1v) is 12.7. The van der Waals surface area contributed by atoms with Crippen LogP contribution in [0.5, 0.6) is 0 Å². The average molecular weight is 474 g/mol. The summed E-state index contributed by atoms with van der Waals surface area (Å²) in [6.45, 7) is 4.06. The van der Waals surface area contributed by atoms with Crippen LogP contribution in [-0.2, 0) is 4.79 Å². The lowest BCUT2D eigenvalue weighted by Crippen LogP contribution is -2.31. The molecule has 5 rings (SSSR count).